The molecule has 7 heteroatoms. The Morgan fingerprint density at radius 1 is 1.19 bits per heavy atom. The Labute approximate surface area is 126 Å². The molecule has 0 N–H and O–H groups in total. The minimum absolute atomic E-state index is 0.145. The molecule has 2 heterocycles. The van der Waals surface area contributed by atoms with Crippen molar-refractivity contribution in [3.63, 3.8) is 0 Å². The van der Waals surface area contributed by atoms with Gasteiger partial charge < -0.3 is 9.64 Å². The van der Waals surface area contributed by atoms with Gasteiger partial charge in [0.25, 0.3) is 10.1 Å². The predicted molar refractivity (Wildman–Crippen MR) is 78.4 cm³/mol. The second kappa shape index (κ2) is 5.76. The molecule has 0 aromatic heterocycles. The van der Waals surface area contributed by atoms with Crippen LogP contribution in [0.3, 0.4) is 0 Å². The molecule has 1 amide bonds. The van der Waals surface area contributed by atoms with E-state index in [1.54, 1.807) is 0 Å². The monoisotopic (exact) mass is 319 g/mol. The topological polar surface area (TPSA) is 72.9 Å². The number of amides is 1. The molecule has 2 rings (SSSR count). The molecule has 0 radical (unpaired) electrons. The molecule has 2 bridgehead atoms. The van der Waals surface area contributed by atoms with Crippen molar-refractivity contribution >= 4 is 16.2 Å². The highest BCUT2D eigenvalue weighted by Crippen LogP contribution is 2.39. The van der Waals surface area contributed by atoms with Crippen LogP contribution in [-0.4, -0.2) is 50.0 Å². The quantitative estimate of drug-likeness (QED) is 0.745. The molecule has 2 aliphatic heterocycles. The van der Waals surface area contributed by atoms with Gasteiger partial charge >= 0.3 is 6.09 Å². The molecule has 0 aliphatic carbocycles. The first kappa shape index (κ1) is 16.5. The third-order valence-electron chi connectivity index (χ3n) is 3.95. The number of piperidine rings is 1. The SMILES string of the molecule is CC(C)(C)OC(=O)N1[C@@H]2CC[C@H]1CC(COS(C)(=O)=O)C2. The van der Waals surface area contributed by atoms with Gasteiger partial charge in [0.2, 0.25) is 0 Å². The molecule has 0 spiro atoms. The lowest BCUT2D eigenvalue weighted by Gasteiger charge is -2.39. The zero-order valence-electron chi connectivity index (χ0n) is 13.2. The van der Waals surface area contributed by atoms with Crippen LogP contribution >= 0.6 is 0 Å². The summed E-state index contributed by atoms with van der Waals surface area (Å²) in [4.78, 5) is 14.1. The maximum atomic E-state index is 12.3. The number of nitrogens with zero attached hydrogens (tertiary/aromatic N) is 1. The van der Waals surface area contributed by atoms with Gasteiger partial charge in [0.1, 0.15) is 5.60 Å². The van der Waals surface area contributed by atoms with E-state index in [4.69, 9.17) is 8.92 Å². The van der Waals surface area contributed by atoms with Crippen LogP contribution in [0.2, 0.25) is 0 Å². The highest BCUT2D eigenvalue weighted by molar-refractivity contribution is 7.85. The summed E-state index contributed by atoms with van der Waals surface area (Å²) in [7, 11) is -3.40. The van der Waals surface area contributed by atoms with Gasteiger partial charge in [-0.1, -0.05) is 0 Å². The Balaban J connectivity index is 1.94. The molecular formula is C14H25NO5S. The van der Waals surface area contributed by atoms with Crippen LogP contribution in [0.4, 0.5) is 4.79 Å². The molecule has 0 saturated carbocycles. The number of carbonyl (C=O) groups excluding carboxylic acids is 1. The van der Waals surface area contributed by atoms with E-state index in [9.17, 15) is 13.2 Å². The van der Waals surface area contributed by atoms with Crippen molar-refractivity contribution in [2.45, 2.75) is 64.1 Å². The average molecular weight is 319 g/mol. The van der Waals surface area contributed by atoms with Crippen LogP contribution in [-0.2, 0) is 19.0 Å². The molecule has 0 aromatic rings. The average Bonchev–Trinajstić information content (AvgIpc) is 2.55. The number of carbonyl (C=O) groups is 1. The molecule has 1 unspecified atom stereocenters. The molecule has 0 aromatic carbocycles. The molecule has 2 fully saturated rings. The first-order valence-electron chi connectivity index (χ1n) is 7.41. The van der Waals surface area contributed by atoms with Gasteiger partial charge in [0.05, 0.1) is 12.9 Å². The van der Waals surface area contributed by atoms with E-state index in [1.165, 1.54) is 0 Å². The van der Waals surface area contributed by atoms with Gasteiger partial charge in [0, 0.05) is 12.1 Å². The predicted octanol–water partition coefficient (Wildman–Crippen LogP) is 2.14. The lowest BCUT2D eigenvalue weighted by Crippen LogP contribution is -2.49. The Bertz CT molecular complexity index is 482. The van der Waals surface area contributed by atoms with Gasteiger partial charge in [-0.3, -0.25) is 4.18 Å². The van der Waals surface area contributed by atoms with Crippen molar-refractivity contribution in [2.24, 2.45) is 5.92 Å². The Morgan fingerprint density at radius 2 is 1.71 bits per heavy atom. The van der Waals surface area contributed by atoms with Gasteiger partial charge in [-0.25, -0.2) is 4.79 Å². The number of hydrogen-bond donors (Lipinski definition) is 0. The summed E-state index contributed by atoms with van der Waals surface area (Å²) in [5.74, 6) is 0.191. The van der Waals surface area contributed by atoms with Crippen molar-refractivity contribution in [3.05, 3.63) is 0 Å². The lowest BCUT2D eigenvalue weighted by molar-refractivity contribution is -0.000825. The summed E-state index contributed by atoms with van der Waals surface area (Å²) in [6.45, 7) is 5.80. The number of rotatable bonds is 3. The normalized spacial score (nSPS) is 29.5. The summed E-state index contributed by atoms with van der Waals surface area (Å²) < 4.78 is 32.5. The Morgan fingerprint density at radius 3 is 2.14 bits per heavy atom. The number of ether oxygens (including phenoxy) is 1. The van der Waals surface area contributed by atoms with Crippen LogP contribution in [0, 0.1) is 5.92 Å². The van der Waals surface area contributed by atoms with E-state index < -0.39 is 15.7 Å². The molecule has 122 valence electrons. The lowest BCUT2D eigenvalue weighted by atomic mass is 9.92. The third-order valence-corrected chi connectivity index (χ3v) is 4.52. The van der Waals surface area contributed by atoms with E-state index in [0.717, 1.165) is 31.9 Å². The van der Waals surface area contributed by atoms with E-state index in [1.807, 2.05) is 25.7 Å². The van der Waals surface area contributed by atoms with E-state index in [2.05, 4.69) is 0 Å². The molecular weight excluding hydrogens is 294 g/mol. The molecule has 2 saturated heterocycles. The summed E-state index contributed by atoms with van der Waals surface area (Å²) in [5.41, 5.74) is -0.493. The van der Waals surface area contributed by atoms with E-state index >= 15 is 0 Å². The highest BCUT2D eigenvalue weighted by atomic mass is 32.2. The van der Waals surface area contributed by atoms with Crippen LogP contribution in [0.5, 0.6) is 0 Å². The maximum absolute atomic E-state index is 12.3. The van der Waals surface area contributed by atoms with Crippen LogP contribution in [0.15, 0.2) is 0 Å². The molecule has 3 atom stereocenters. The van der Waals surface area contributed by atoms with Gasteiger partial charge in [-0.05, 0) is 52.4 Å². The van der Waals surface area contributed by atoms with Crippen LogP contribution < -0.4 is 0 Å². The highest BCUT2D eigenvalue weighted by Gasteiger charge is 2.44. The van der Waals surface area contributed by atoms with Crippen molar-refractivity contribution < 1.29 is 22.1 Å². The second-order valence-corrected chi connectivity index (χ2v) is 8.74. The summed E-state index contributed by atoms with van der Waals surface area (Å²) >= 11 is 0. The Hall–Kier alpha value is -0.820. The minimum atomic E-state index is -3.40. The third kappa shape index (κ3) is 4.57. The fraction of sp³-hybridized carbons (Fsp3) is 0.929. The summed E-state index contributed by atoms with van der Waals surface area (Å²) in [6, 6.07) is 0.290. The first-order chi connectivity index (χ1) is 9.55. The van der Waals surface area contributed by atoms with Crippen molar-refractivity contribution in [3.8, 4) is 0 Å². The first-order valence-corrected chi connectivity index (χ1v) is 9.22. The fourth-order valence-electron chi connectivity index (χ4n) is 3.26. The van der Waals surface area contributed by atoms with Crippen molar-refractivity contribution in [1.29, 1.82) is 0 Å². The van der Waals surface area contributed by atoms with Gasteiger partial charge in [-0.2, -0.15) is 8.42 Å². The van der Waals surface area contributed by atoms with Gasteiger partial charge in [0.15, 0.2) is 0 Å². The maximum Gasteiger partial charge on any atom is 0.410 e. The standard InChI is InChI=1S/C14H25NO5S/c1-14(2,3)20-13(16)15-11-5-6-12(15)8-10(7-11)9-19-21(4,17)18/h10-12H,5-9H2,1-4H3/t10?,11-,12+. The van der Waals surface area contributed by atoms with Gasteiger partial charge in [-0.15, -0.1) is 0 Å². The van der Waals surface area contributed by atoms with E-state index in [0.29, 0.717) is 0 Å². The smallest absolute Gasteiger partial charge is 0.410 e. The van der Waals surface area contributed by atoms with Crippen molar-refractivity contribution in [2.75, 3.05) is 12.9 Å². The molecule has 21 heavy (non-hydrogen) atoms. The largest absolute Gasteiger partial charge is 0.444 e. The summed E-state index contributed by atoms with van der Waals surface area (Å²) in [5, 5.41) is 0. The fourth-order valence-corrected chi connectivity index (χ4v) is 3.70. The van der Waals surface area contributed by atoms with E-state index in [-0.39, 0.29) is 30.7 Å². The van der Waals surface area contributed by atoms with Crippen LogP contribution in [0.1, 0.15) is 46.5 Å². The van der Waals surface area contributed by atoms with Crippen molar-refractivity contribution in [1.82, 2.24) is 4.90 Å². The van der Waals surface area contributed by atoms with Crippen LogP contribution in [0.25, 0.3) is 0 Å². The Kier molecular flexibility index (Phi) is 4.54. The summed E-state index contributed by atoms with van der Waals surface area (Å²) in [6.07, 6.45) is 4.30. The minimum Gasteiger partial charge on any atom is -0.444 e. The zero-order valence-corrected chi connectivity index (χ0v) is 14.0. The number of hydrogen-bond acceptors (Lipinski definition) is 5. The number of fused-ring (bicyclic) bond motifs is 2. The second-order valence-electron chi connectivity index (χ2n) is 7.10. The zero-order chi connectivity index (χ0) is 15.8. The molecule has 2 aliphatic rings. The molecule has 6 nitrogen and oxygen atoms in total.